The summed E-state index contributed by atoms with van der Waals surface area (Å²) in [5.74, 6) is 0.170. The molecule has 3 rings (SSSR count). The topological polar surface area (TPSA) is 101 Å². The first-order valence-corrected chi connectivity index (χ1v) is 8.63. The standard InChI is InChI=1S/C18H23N3O6/c1-25-15-11-14(20-4-7-27-8-5-20)16(26-2)9-12(15)19-13-10-17(23)21(3-6-22)18(13)24/h9-11,19,22H,3-8H2,1-2H3. The molecular formula is C18H23N3O6. The fourth-order valence-corrected chi connectivity index (χ4v) is 3.09. The zero-order chi connectivity index (χ0) is 19.4. The Morgan fingerprint density at radius 2 is 1.85 bits per heavy atom. The van der Waals surface area contributed by atoms with E-state index in [0.717, 1.165) is 23.7 Å². The third-order valence-electron chi connectivity index (χ3n) is 4.46. The molecule has 2 heterocycles. The third kappa shape index (κ3) is 3.83. The van der Waals surface area contributed by atoms with Crippen LogP contribution in [0.5, 0.6) is 11.5 Å². The van der Waals surface area contributed by atoms with Gasteiger partial charge in [0.1, 0.15) is 17.2 Å². The highest BCUT2D eigenvalue weighted by molar-refractivity contribution is 6.17. The first-order valence-electron chi connectivity index (χ1n) is 8.63. The number of benzene rings is 1. The molecule has 9 nitrogen and oxygen atoms in total. The van der Waals surface area contributed by atoms with Crippen LogP contribution in [-0.4, -0.2) is 75.5 Å². The molecule has 0 spiro atoms. The summed E-state index contributed by atoms with van der Waals surface area (Å²) in [7, 11) is 3.10. The minimum absolute atomic E-state index is 0.0459. The average Bonchev–Trinajstić information content (AvgIpc) is 2.96. The number of imide groups is 1. The molecule has 146 valence electrons. The second-order valence-electron chi connectivity index (χ2n) is 6.03. The predicted molar refractivity (Wildman–Crippen MR) is 98.1 cm³/mol. The summed E-state index contributed by atoms with van der Waals surface area (Å²) in [5, 5.41) is 12.0. The Morgan fingerprint density at radius 1 is 1.15 bits per heavy atom. The fourth-order valence-electron chi connectivity index (χ4n) is 3.09. The molecule has 1 fully saturated rings. The molecule has 2 aliphatic rings. The normalized spacial score (nSPS) is 17.2. The van der Waals surface area contributed by atoms with Gasteiger partial charge in [-0.05, 0) is 0 Å². The molecule has 2 N–H and O–H groups in total. The first kappa shape index (κ1) is 19.0. The molecule has 0 bridgehead atoms. The van der Waals surface area contributed by atoms with Crippen molar-refractivity contribution in [2.75, 3.05) is 63.9 Å². The average molecular weight is 377 g/mol. The number of hydrogen-bond acceptors (Lipinski definition) is 8. The number of amides is 2. The lowest BCUT2D eigenvalue weighted by molar-refractivity contribution is -0.137. The van der Waals surface area contributed by atoms with Crippen LogP contribution in [0.25, 0.3) is 0 Å². The summed E-state index contributed by atoms with van der Waals surface area (Å²) in [6.07, 6.45) is 1.21. The number of nitrogens with zero attached hydrogens (tertiary/aromatic N) is 2. The van der Waals surface area contributed by atoms with Gasteiger partial charge in [0.15, 0.2) is 0 Å². The molecule has 0 aliphatic carbocycles. The molecule has 9 heteroatoms. The summed E-state index contributed by atoms with van der Waals surface area (Å²) >= 11 is 0. The van der Waals surface area contributed by atoms with Gasteiger partial charge >= 0.3 is 0 Å². The largest absolute Gasteiger partial charge is 0.494 e. The van der Waals surface area contributed by atoms with Gasteiger partial charge < -0.3 is 29.5 Å². The van der Waals surface area contributed by atoms with Crippen LogP contribution in [0.4, 0.5) is 11.4 Å². The molecule has 1 aromatic rings. The van der Waals surface area contributed by atoms with Gasteiger partial charge in [-0.25, -0.2) is 0 Å². The Bertz CT molecular complexity index is 758. The molecule has 2 amide bonds. The van der Waals surface area contributed by atoms with E-state index in [1.807, 2.05) is 6.07 Å². The lowest BCUT2D eigenvalue weighted by atomic mass is 10.2. The van der Waals surface area contributed by atoms with Crippen molar-refractivity contribution >= 4 is 23.2 Å². The smallest absolute Gasteiger partial charge is 0.277 e. The van der Waals surface area contributed by atoms with Gasteiger partial charge in [-0.2, -0.15) is 0 Å². The SMILES string of the molecule is COc1cc(N2CCOCC2)c(OC)cc1NC1=CC(=O)N(CCO)C1=O. The van der Waals surface area contributed by atoms with Crippen LogP contribution in [-0.2, 0) is 14.3 Å². The minimum Gasteiger partial charge on any atom is -0.494 e. The summed E-state index contributed by atoms with van der Waals surface area (Å²) in [4.78, 5) is 27.4. The van der Waals surface area contributed by atoms with Gasteiger partial charge in [0, 0.05) is 31.3 Å². The summed E-state index contributed by atoms with van der Waals surface area (Å²) in [5.41, 5.74) is 1.49. The van der Waals surface area contributed by atoms with Crippen molar-refractivity contribution in [3.8, 4) is 11.5 Å². The molecule has 1 saturated heterocycles. The number of aliphatic hydroxyl groups excluding tert-OH is 1. The monoisotopic (exact) mass is 377 g/mol. The number of ether oxygens (including phenoxy) is 3. The van der Waals surface area contributed by atoms with Crippen molar-refractivity contribution < 1.29 is 28.9 Å². The number of carbonyl (C=O) groups excluding carboxylic acids is 2. The zero-order valence-corrected chi connectivity index (χ0v) is 15.4. The quantitative estimate of drug-likeness (QED) is 0.650. The molecule has 0 atom stereocenters. The van der Waals surface area contributed by atoms with E-state index < -0.39 is 11.8 Å². The highest BCUT2D eigenvalue weighted by Gasteiger charge is 2.31. The fraction of sp³-hybridized carbons (Fsp3) is 0.444. The Hall–Kier alpha value is -2.78. The Morgan fingerprint density at radius 3 is 2.48 bits per heavy atom. The first-order chi connectivity index (χ1) is 13.1. The van der Waals surface area contributed by atoms with Crippen LogP contribution >= 0.6 is 0 Å². The molecule has 0 aromatic heterocycles. The molecular weight excluding hydrogens is 354 g/mol. The summed E-state index contributed by atoms with van der Waals surface area (Å²) in [6.45, 7) is 2.41. The second kappa shape index (κ2) is 8.28. The summed E-state index contributed by atoms with van der Waals surface area (Å²) in [6, 6.07) is 3.57. The highest BCUT2D eigenvalue weighted by Crippen LogP contribution is 2.39. The second-order valence-corrected chi connectivity index (χ2v) is 6.03. The minimum atomic E-state index is -0.493. The highest BCUT2D eigenvalue weighted by atomic mass is 16.5. The van der Waals surface area contributed by atoms with E-state index in [1.165, 1.54) is 13.2 Å². The molecule has 0 unspecified atom stereocenters. The number of morpholine rings is 1. The van der Waals surface area contributed by atoms with Gasteiger partial charge in [-0.1, -0.05) is 0 Å². The van der Waals surface area contributed by atoms with Crippen molar-refractivity contribution in [3.63, 3.8) is 0 Å². The van der Waals surface area contributed by atoms with Crippen LogP contribution in [0.3, 0.4) is 0 Å². The number of methoxy groups -OCH3 is 2. The summed E-state index contributed by atoms with van der Waals surface area (Å²) < 4.78 is 16.4. The number of rotatable bonds is 7. The zero-order valence-electron chi connectivity index (χ0n) is 15.4. The number of anilines is 2. The van der Waals surface area contributed by atoms with Crippen molar-refractivity contribution in [2.24, 2.45) is 0 Å². The maximum atomic E-state index is 12.3. The third-order valence-corrected chi connectivity index (χ3v) is 4.46. The molecule has 0 radical (unpaired) electrons. The van der Waals surface area contributed by atoms with Gasteiger partial charge in [0.05, 0.1) is 52.0 Å². The van der Waals surface area contributed by atoms with Crippen molar-refractivity contribution in [2.45, 2.75) is 0 Å². The van der Waals surface area contributed by atoms with Gasteiger partial charge in [0.2, 0.25) is 0 Å². The number of β-amino-alcohol motifs (C(OH)–C–C–N with tert-alkyl or cyclic N) is 1. The van der Waals surface area contributed by atoms with E-state index in [-0.39, 0.29) is 18.8 Å². The van der Waals surface area contributed by atoms with E-state index in [1.54, 1.807) is 13.2 Å². The lowest BCUT2D eigenvalue weighted by Gasteiger charge is -2.30. The molecule has 1 aromatic carbocycles. The van der Waals surface area contributed by atoms with Gasteiger partial charge in [-0.3, -0.25) is 14.5 Å². The van der Waals surface area contributed by atoms with E-state index in [4.69, 9.17) is 19.3 Å². The Labute approximate surface area is 157 Å². The number of carbonyl (C=O) groups is 2. The van der Waals surface area contributed by atoms with Crippen LogP contribution in [0.1, 0.15) is 0 Å². The van der Waals surface area contributed by atoms with Crippen LogP contribution < -0.4 is 19.7 Å². The lowest BCUT2D eigenvalue weighted by Crippen LogP contribution is -2.36. The number of hydrogen-bond donors (Lipinski definition) is 2. The van der Waals surface area contributed by atoms with Crippen LogP contribution in [0.2, 0.25) is 0 Å². The van der Waals surface area contributed by atoms with E-state index in [9.17, 15) is 9.59 Å². The van der Waals surface area contributed by atoms with Crippen LogP contribution in [0, 0.1) is 0 Å². The molecule has 2 aliphatic heterocycles. The van der Waals surface area contributed by atoms with E-state index >= 15 is 0 Å². The van der Waals surface area contributed by atoms with E-state index in [2.05, 4.69) is 10.2 Å². The Balaban J connectivity index is 1.88. The van der Waals surface area contributed by atoms with Gasteiger partial charge in [-0.15, -0.1) is 0 Å². The van der Waals surface area contributed by atoms with Crippen molar-refractivity contribution in [1.82, 2.24) is 4.90 Å². The van der Waals surface area contributed by atoms with Crippen LogP contribution in [0.15, 0.2) is 23.9 Å². The number of nitrogens with one attached hydrogen (secondary N) is 1. The maximum Gasteiger partial charge on any atom is 0.277 e. The predicted octanol–water partition coefficient (Wildman–Crippen LogP) is 0.197. The van der Waals surface area contributed by atoms with Gasteiger partial charge in [0.25, 0.3) is 11.8 Å². The number of aliphatic hydroxyl groups is 1. The molecule has 27 heavy (non-hydrogen) atoms. The van der Waals surface area contributed by atoms with E-state index in [0.29, 0.717) is 30.4 Å². The molecule has 0 saturated carbocycles. The Kier molecular flexibility index (Phi) is 5.82. The maximum absolute atomic E-state index is 12.3. The van der Waals surface area contributed by atoms with Crippen molar-refractivity contribution in [1.29, 1.82) is 0 Å². The van der Waals surface area contributed by atoms with Crippen molar-refractivity contribution in [3.05, 3.63) is 23.9 Å².